The molecule has 1 amide bonds. The molecule has 0 aromatic heterocycles. The van der Waals surface area contributed by atoms with Crippen LogP contribution in [0.3, 0.4) is 0 Å². The fraction of sp³-hybridized carbons (Fsp3) is 0.857. The highest BCUT2D eigenvalue weighted by atomic mass is 16.2. The van der Waals surface area contributed by atoms with Crippen LogP contribution in [-0.4, -0.2) is 36.5 Å². The Morgan fingerprint density at radius 2 is 1.83 bits per heavy atom. The molecule has 0 spiro atoms. The number of carbonyl (C=O) groups excluding carboxylic acids is 1. The lowest BCUT2D eigenvalue weighted by Gasteiger charge is -2.29. The van der Waals surface area contributed by atoms with Gasteiger partial charge in [0, 0.05) is 12.0 Å². The predicted octanol–water partition coefficient (Wildman–Crippen LogP) is 1.67. The van der Waals surface area contributed by atoms with E-state index in [1.54, 1.807) is 0 Å². The van der Waals surface area contributed by atoms with Gasteiger partial charge in [-0.2, -0.15) is 5.26 Å². The lowest BCUT2D eigenvalue weighted by atomic mass is 9.95. The zero-order chi connectivity index (χ0) is 12.8. The van der Waals surface area contributed by atoms with Crippen molar-refractivity contribution in [2.75, 3.05) is 19.6 Å². The van der Waals surface area contributed by atoms with E-state index in [2.05, 4.69) is 16.3 Å². The molecule has 2 rings (SSSR count). The lowest BCUT2D eigenvalue weighted by Crippen LogP contribution is -2.45. The van der Waals surface area contributed by atoms with Crippen molar-refractivity contribution in [1.29, 1.82) is 5.26 Å². The number of nitrogens with one attached hydrogen (secondary N) is 1. The third kappa shape index (κ3) is 3.99. The monoisotopic (exact) mass is 249 g/mol. The first kappa shape index (κ1) is 13.4. The smallest absolute Gasteiger partial charge is 0.234 e. The van der Waals surface area contributed by atoms with Crippen LogP contribution in [0.2, 0.25) is 0 Å². The Hall–Kier alpha value is -1.08. The van der Waals surface area contributed by atoms with Gasteiger partial charge in [0.05, 0.1) is 12.6 Å². The third-order valence-electron chi connectivity index (χ3n) is 4.11. The highest BCUT2D eigenvalue weighted by Gasteiger charge is 2.22. The van der Waals surface area contributed by atoms with Gasteiger partial charge in [-0.25, -0.2) is 0 Å². The van der Waals surface area contributed by atoms with Crippen molar-refractivity contribution in [2.24, 2.45) is 5.92 Å². The number of hydrogen-bond acceptors (Lipinski definition) is 3. The van der Waals surface area contributed by atoms with E-state index < -0.39 is 0 Å². The highest BCUT2D eigenvalue weighted by molar-refractivity contribution is 5.78. The largest absolute Gasteiger partial charge is 0.352 e. The van der Waals surface area contributed by atoms with E-state index in [0.717, 1.165) is 38.8 Å². The number of likely N-dealkylation sites (tertiary alicyclic amines) is 1. The molecule has 1 saturated carbocycles. The summed E-state index contributed by atoms with van der Waals surface area (Å²) in [6.07, 6.45) is 7.91. The number of hydrogen-bond donors (Lipinski definition) is 1. The molecule has 100 valence electrons. The third-order valence-corrected chi connectivity index (χ3v) is 4.11. The molecular formula is C14H23N3O. The fourth-order valence-corrected chi connectivity index (χ4v) is 2.94. The van der Waals surface area contributed by atoms with Gasteiger partial charge in [0.2, 0.25) is 5.91 Å². The summed E-state index contributed by atoms with van der Waals surface area (Å²) in [5, 5.41) is 12.0. The van der Waals surface area contributed by atoms with Crippen molar-refractivity contribution in [3.8, 4) is 6.07 Å². The Morgan fingerprint density at radius 1 is 1.17 bits per heavy atom. The molecule has 0 radical (unpaired) electrons. The number of piperidine rings is 1. The number of nitriles is 1. The van der Waals surface area contributed by atoms with Crippen LogP contribution in [-0.2, 0) is 4.79 Å². The number of rotatable bonds is 3. The van der Waals surface area contributed by atoms with Crippen LogP contribution in [0, 0.1) is 17.2 Å². The molecule has 0 aromatic rings. The lowest BCUT2D eigenvalue weighted by molar-refractivity contribution is -0.123. The SMILES string of the molecule is N#CC1CCN(CC(=O)NC2CCCCC2)CC1. The van der Waals surface area contributed by atoms with Gasteiger partial charge in [-0.3, -0.25) is 9.69 Å². The summed E-state index contributed by atoms with van der Waals surface area (Å²) in [6, 6.07) is 2.72. The Balaban J connectivity index is 1.66. The fourth-order valence-electron chi connectivity index (χ4n) is 2.94. The molecule has 18 heavy (non-hydrogen) atoms. The molecule has 1 aliphatic carbocycles. The Morgan fingerprint density at radius 3 is 2.44 bits per heavy atom. The van der Waals surface area contributed by atoms with Crippen molar-refractivity contribution in [3.05, 3.63) is 0 Å². The zero-order valence-electron chi connectivity index (χ0n) is 11.0. The second kappa shape index (κ2) is 6.75. The van der Waals surface area contributed by atoms with Gasteiger partial charge >= 0.3 is 0 Å². The zero-order valence-corrected chi connectivity index (χ0v) is 11.0. The minimum Gasteiger partial charge on any atom is -0.352 e. The minimum atomic E-state index is 0.164. The highest BCUT2D eigenvalue weighted by Crippen LogP contribution is 2.18. The maximum atomic E-state index is 11.9. The van der Waals surface area contributed by atoms with E-state index in [-0.39, 0.29) is 11.8 Å². The predicted molar refractivity (Wildman–Crippen MR) is 69.8 cm³/mol. The van der Waals surface area contributed by atoms with Gasteiger partial charge in [-0.1, -0.05) is 19.3 Å². The first-order chi connectivity index (χ1) is 8.78. The van der Waals surface area contributed by atoms with Gasteiger partial charge in [0.25, 0.3) is 0 Å². The molecule has 1 aliphatic heterocycles. The van der Waals surface area contributed by atoms with Crippen LogP contribution >= 0.6 is 0 Å². The molecule has 0 bridgehead atoms. The van der Waals surface area contributed by atoms with Crippen LogP contribution in [0.25, 0.3) is 0 Å². The van der Waals surface area contributed by atoms with E-state index in [4.69, 9.17) is 5.26 Å². The van der Waals surface area contributed by atoms with Crippen molar-refractivity contribution in [1.82, 2.24) is 10.2 Å². The van der Waals surface area contributed by atoms with Gasteiger partial charge in [-0.05, 0) is 38.8 Å². The maximum absolute atomic E-state index is 11.9. The van der Waals surface area contributed by atoms with Gasteiger partial charge in [-0.15, -0.1) is 0 Å². The molecular weight excluding hydrogens is 226 g/mol. The summed E-state index contributed by atoms with van der Waals surface area (Å²) in [6.45, 7) is 2.28. The molecule has 1 N–H and O–H groups in total. The molecule has 2 fully saturated rings. The van der Waals surface area contributed by atoms with Crippen LogP contribution in [0.5, 0.6) is 0 Å². The van der Waals surface area contributed by atoms with Crippen LogP contribution < -0.4 is 5.32 Å². The van der Waals surface area contributed by atoms with E-state index in [9.17, 15) is 4.79 Å². The summed E-state index contributed by atoms with van der Waals surface area (Å²) in [7, 11) is 0. The molecule has 0 unspecified atom stereocenters. The van der Waals surface area contributed by atoms with Gasteiger partial charge in [0.15, 0.2) is 0 Å². The molecule has 0 aromatic carbocycles. The minimum absolute atomic E-state index is 0.164. The Labute approximate surface area is 109 Å². The molecule has 4 heteroatoms. The molecule has 0 atom stereocenters. The Bertz CT molecular complexity index is 309. The molecule has 1 saturated heterocycles. The van der Waals surface area contributed by atoms with E-state index in [0.29, 0.717) is 12.6 Å². The summed E-state index contributed by atoms with van der Waals surface area (Å²) in [4.78, 5) is 14.1. The van der Waals surface area contributed by atoms with Crippen molar-refractivity contribution >= 4 is 5.91 Å². The first-order valence-electron chi connectivity index (χ1n) is 7.19. The van der Waals surface area contributed by atoms with Crippen LogP contribution in [0.15, 0.2) is 0 Å². The van der Waals surface area contributed by atoms with Crippen LogP contribution in [0.4, 0.5) is 0 Å². The van der Waals surface area contributed by atoms with E-state index in [1.807, 2.05) is 0 Å². The average molecular weight is 249 g/mol. The maximum Gasteiger partial charge on any atom is 0.234 e. The van der Waals surface area contributed by atoms with Gasteiger partial charge < -0.3 is 5.32 Å². The summed E-state index contributed by atoms with van der Waals surface area (Å²) in [5.41, 5.74) is 0. The summed E-state index contributed by atoms with van der Waals surface area (Å²) < 4.78 is 0. The second-order valence-corrected chi connectivity index (χ2v) is 5.58. The van der Waals surface area contributed by atoms with Crippen molar-refractivity contribution < 1.29 is 4.79 Å². The van der Waals surface area contributed by atoms with E-state index >= 15 is 0 Å². The summed E-state index contributed by atoms with van der Waals surface area (Å²) in [5.74, 6) is 0.361. The first-order valence-corrected chi connectivity index (χ1v) is 7.19. The van der Waals surface area contributed by atoms with Crippen molar-refractivity contribution in [3.63, 3.8) is 0 Å². The van der Waals surface area contributed by atoms with Crippen LogP contribution in [0.1, 0.15) is 44.9 Å². The van der Waals surface area contributed by atoms with Gasteiger partial charge in [0.1, 0.15) is 0 Å². The molecule has 4 nitrogen and oxygen atoms in total. The molecule has 2 aliphatic rings. The number of amides is 1. The number of carbonyl (C=O) groups is 1. The standard InChI is InChI=1S/C14H23N3O/c15-10-12-6-8-17(9-7-12)11-14(18)16-13-4-2-1-3-5-13/h12-13H,1-9,11H2,(H,16,18). The topological polar surface area (TPSA) is 56.1 Å². The average Bonchev–Trinajstić information content (AvgIpc) is 2.40. The second-order valence-electron chi connectivity index (χ2n) is 5.58. The number of nitrogens with zero attached hydrogens (tertiary/aromatic N) is 2. The van der Waals surface area contributed by atoms with E-state index in [1.165, 1.54) is 19.3 Å². The molecule has 1 heterocycles. The Kier molecular flexibility index (Phi) is 5.00. The van der Waals surface area contributed by atoms with Crippen molar-refractivity contribution in [2.45, 2.75) is 51.0 Å². The quantitative estimate of drug-likeness (QED) is 0.827. The summed E-state index contributed by atoms with van der Waals surface area (Å²) >= 11 is 0. The normalized spacial score (nSPS) is 23.5.